The minimum absolute atomic E-state index is 0.0147. The Morgan fingerprint density at radius 2 is 1.73 bits per heavy atom. The van der Waals surface area contributed by atoms with Crippen LogP contribution in [0.3, 0.4) is 0 Å². The number of aromatic hydroxyl groups is 1. The van der Waals surface area contributed by atoms with Crippen molar-refractivity contribution in [2.75, 3.05) is 38.0 Å². The molecule has 7 nitrogen and oxygen atoms in total. The molecule has 0 bridgehead atoms. The molecule has 7 heteroatoms. The predicted molar refractivity (Wildman–Crippen MR) is 145 cm³/mol. The highest BCUT2D eigenvalue weighted by molar-refractivity contribution is 5.93. The van der Waals surface area contributed by atoms with Gasteiger partial charge in [-0.25, -0.2) is 0 Å². The van der Waals surface area contributed by atoms with Crippen LogP contribution in [0, 0.1) is 11.8 Å². The van der Waals surface area contributed by atoms with E-state index in [1.54, 1.807) is 12.1 Å². The molecule has 0 saturated carbocycles. The third kappa shape index (κ3) is 6.33. The summed E-state index contributed by atoms with van der Waals surface area (Å²) in [6.45, 7) is 6.82. The molecule has 2 saturated heterocycles. The van der Waals surface area contributed by atoms with Crippen molar-refractivity contribution < 1.29 is 14.7 Å². The van der Waals surface area contributed by atoms with Gasteiger partial charge in [0, 0.05) is 37.9 Å². The first-order chi connectivity index (χ1) is 18.0. The molecule has 2 amide bonds. The highest BCUT2D eigenvalue weighted by Gasteiger charge is 2.36. The lowest BCUT2D eigenvalue weighted by molar-refractivity contribution is -0.130. The van der Waals surface area contributed by atoms with Crippen LogP contribution in [0.4, 0.5) is 5.69 Å². The van der Waals surface area contributed by atoms with E-state index in [1.807, 2.05) is 18.2 Å². The molecule has 2 aliphatic heterocycles. The number of benzene rings is 2. The number of phenols is 1. The lowest BCUT2D eigenvalue weighted by Gasteiger charge is -2.37. The summed E-state index contributed by atoms with van der Waals surface area (Å²) >= 11 is 0. The van der Waals surface area contributed by atoms with E-state index in [1.165, 1.54) is 24.0 Å². The number of hydrogen-bond acceptors (Lipinski definition) is 5. The number of likely N-dealkylation sites (tertiary alicyclic amines) is 2. The zero-order valence-electron chi connectivity index (χ0n) is 21.9. The predicted octanol–water partition coefficient (Wildman–Crippen LogP) is 3.56. The van der Waals surface area contributed by atoms with Gasteiger partial charge in [-0.15, -0.1) is 0 Å². The molecule has 2 heterocycles. The number of nitrogens with zero attached hydrogens (tertiary/aromatic N) is 2. The zero-order valence-corrected chi connectivity index (χ0v) is 21.9. The Labute approximate surface area is 220 Å². The lowest BCUT2D eigenvalue weighted by Crippen LogP contribution is -2.50. The molecule has 1 unspecified atom stereocenters. The molecular weight excluding hydrogens is 464 g/mol. The van der Waals surface area contributed by atoms with Crippen molar-refractivity contribution in [1.82, 2.24) is 15.1 Å². The fourth-order valence-electron chi connectivity index (χ4n) is 6.36. The number of carbonyl (C=O) groups excluding carboxylic acids is 2. The normalized spacial score (nSPS) is 24.1. The summed E-state index contributed by atoms with van der Waals surface area (Å²) in [4.78, 5) is 31.4. The average molecular weight is 505 g/mol. The molecule has 3 atom stereocenters. The van der Waals surface area contributed by atoms with Crippen molar-refractivity contribution in [2.24, 2.45) is 11.8 Å². The van der Waals surface area contributed by atoms with Gasteiger partial charge in [-0.2, -0.15) is 0 Å². The number of rotatable bonds is 8. The van der Waals surface area contributed by atoms with Crippen LogP contribution in [0.2, 0.25) is 0 Å². The SMILES string of the molecule is CCN1CCCC1CNC(=O)[C@H]1C[C@@H](C(=O)Nc2ccc3c(c2)CCC3)CN(Cc2ccc(O)cc2)C1. The Morgan fingerprint density at radius 1 is 0.973 bits per heavy atom. The summed E-state index contributed by atoms with van der Waals surface area (Å²) in [5.74, 6) is -0.237. The summed E-state index contributed by atoms with van der Waals surface area (Å²) < 4.78 is 0. The number of aryl methyl sites for hydroxylation is 2. The van der Waals surface area contributed by atoms with E-state index in [-0.39, 0.29) is 29.4 Å². The molecule has 2 aromatic rings. The topological polar surface area (TPSA) is 84.9 Å². The summed E-state index contributed by atoms with van der Waals surface area (Å²) in [6.07, 6.45) is 6.22. The number of amides is 2. The number of piperidine rings is 1. The number of likely N-dealkylation sites (N-methyl/N-ethyl adjacent to an activating group) is 1. The third-order valence-electron chi connectivity index (χ3n) is 8.39. The van der Waals surface area contributed by atoms with Crippen LogP contribution in [0.1, 0.15) is 49.3 Å². The van der Waals surface area contributed by atoms with Crippen LogP contribution in [0.15, 0.2) is 42.5 Å². The van der Waals surface area contributed by atoms with E-state index in [2.05, 4.69) is 39.5 Å². The molecule has 2 aromatic carbocycles. The Hall–Kier alpha value is -2.90. The van der Waals surface area contributed by atoms with Crippen LogP contribution in [-0.4, -0.2) is 65.5 Å². The van der Waals surface area contributed by atoms with Gasteiger partial charge in [0.2, 0.25) is 11.8 Å². The van der Waals surface area contributed by atoms with Crippen molar-refractivity contribution >= 4 is 17.5 Å². The molecule has 1 aliphatic carbocycles. The first-order valence-electron chi connectivity index (χ1n) is 13.9. The Bertz CT molecular complexity index is 1100. The van der Waals surface area contributed by atoms with Crippen molar-refractivity contribution in [3.05, 3.63) is 59.2 Å². The Kier molecular flexibility index (Phi) is 8.11. The van der Waals surface area contributed by atoms with Crippen LogP contribution in [-0.2, 0) is 29.0 Å². The Morgan fingerprint density at radius 3 is 2.51 bits per heavy atom. The van der Waals surface area contributed by atoms with Gasteiger partial charge in [0.1, 0.15) is 5.75 Å². The monoisotopic (exact) mass is 504 g/mol. The summed E-state index contributed by atoms with van der Waals surface area (Å²) in [7, 11) is 0. The minimum Gasteiger partial charge on any atom is -0.508 e. The molecule has 3 N–H and O–H groups in total. The van der Waals surface area contributed by atoms with Crippen LogP contribution >= 0.6 is 0 Å². The van der Waals surface area contributed by atoms with E-state index in [0.717, 1.165) is 43.6 Å². The van der Waals surface area contributed by atoms with E-state index < -0.39 is 0 Å². The fraction of sp³-hybridized carbons (Fsp3) is 0.533. The van der Waals surface area contributed by atoms with Crippen LogP contribution < -0.4 is 10.6 Å². The smallest absolute Gasteiger partial charge is 0.228 e. The standard InChI is InChI=1S/C30H40N4O3/c1-2-34-14-4-7-27(34)17-31-29(36)24-15-25(20-33(19-24)18-21-8-12-28(35)13-9-21)30(37)32-26-11-10-22-5-3-6-23(22)16-26/h8-13,16,24-25,27,35H,2-7,14-15,17-20H2,1H3,(H,31,36)(H,32,37)/t24-,25+,27?/m0/s1. The number of nitrogens with one attached hydrogen (secondary N) is 2. The summed E-state index contributed by atoms with van der Waals surface area (Å²) in [6, 6.07) is 13.8. The number of fused-ring (bicyclic) bond motifs is 1. The maximum Gasteiger partial charge on any atom is 0.228 e. The highest BCUT2D eigenvalue weighted by Crippen LogP contribution is 2.28. The van der Waals surface area contributed by atoms with Gasteiger partial charge >= 0.3 is 0 Å². The average Bonchev–Trinajstić information content (AvgIpc) is 3.57. The molecule has 0 spiro atoms. The van der Waals surface area contributed by atoms with E-state index >= 15 is 0 Å². The first-order valence-corrected chi connectivity index (χ1v) is 13.9. The summed E-state index contributed by atoms with van der Waals surface area (Å²) in [5.41, 5.74) is 4.63. The van der Waals surface area contributed by atoms with Gasteiger partial charge in [0.25, 0.3) is 0 Å². The number of hydrogen-bond donors (Lipinski definition) is 3. The molecule has 0 radical (unpaired) electrons. The highest BCUT2D eigenvalue weighted by atomic mass is 16.3. The molecule has 0 aromatic heterocycles. The Balaban J connectivity index is 1.26. The number of anilines is 1. The number of carbonyl (C=O) groups is 2. The van der Waals surface area contributed by atoms with Gasteiger partial charge in [0.15, 0.2) is 0 Å². The second kappa shape index (κ2) is 11.7. The molecule has 5 rings (SSSR count). The maximum absolute atomic E-state index is 13.4. The van der Waals surface area contributed by atoms with Crippen molar-refractivity contribution in [3.63, 3.8) is 0 Å². The first kappa shape index (κ1) is 25.7. The van der Waals surface area contributed by atoms with Gasteiger partial charge in [0.05, 0.1) is 11.8 Å². The van der Waals surface area contributed by atoms with E-state index in [9.17, 15) is 14.7 Å². The maximum atomic E-state index is 13.4. The van der Waals surface area contributed by atoms with Crippen molar-refractivity contribution in [3.8, 4) is 5.75 Å². The van der Waals surface area contributed by atoms with Crippen molar-refractivity contribution in [2.45, 2.75) is 58.0 Å². The molecular formula is C30H40N4O3. The molecule has 3 aliphatic rings. The third-order valence-corrected chi connectivity index (χ3v) is 8.39. The van der Waals surface area contributed by atoms with Gasteiger partial charge in [-0.05, 0) is 92.6 Å². The largest absolute Gasteiger partial charge is 0.508 e. The van der Waals surface area contributed by atoms with E-state index in [4.69, 9.17) is 0 Å². The lowest BCUT2D eigenvalue weighted by atomic mass is 9.87. The molecule has 198 valence electrons. The van der Waals surface area contributed by atoms with Gasteiger partial charge in [-0.1, -0.05) is 25.1 Å². The van der Waals surface area contributed by atoms with Crippen LogP contribution in [0.25, 0.3) is 0 Å². The quantitative estimate of drug-likeness (QED) is 0.512. The molecule has 37 heavy (non-hydrogen) atoms. The number of phenolic OH excluding ortho intramolecular Hbond substituents is 1. The van der Waals surface area contributed by atoms with Crippen molar-refractivity contribution in [1.29, 1.82) is 0 Å². The van der Waals surface area contributed by atoms with E-state index in [0.29, 0.717) is 38.6 Å². The van der Waals surface area contributed by atoms with Crippen LogP contribution in [0.5, 0.6) is 5.75 Å². The molecule has 2 fully saturated rings. The minimum atomic E-state index is -0.270. The fourth-order valence-corrected chi connectivity index (χ4v) is 6.36. The second-order valence-electron chi connectivity index (χ2n) is 11.0. The van der Waals surface area contributed by atoms with Gasteiger partial charge < -0.3 is 15.7 Å². The second-order valence-corrected chi connectivity index (χ2v) is 11.0. The zero-order chi connectivity index (χ0) is 25.8. The summed E-state index contributed by atoms with van der Waals surface area (Å²) in [5, 5.41) is 16.0. The van der Waals surface area contributed by atoms with Gasteiger partial charge in [-0.3, -0.25) is 19.4 Å².